The molecular formula is C14H14FNO2S. The molecule has 1 atom stereocenters. The van der Waals surface area contributed by atoms with Gasteiger partial charge in [-0.25, -0.2) is 4.39 Å². The van der Waals surface area contributed by atoms with E-state index in [4.69, 9.17) is 10.5 Å². The van der Waals surface area contributed by atoms with Crippen LogP contribution in [0.4, 0.5) is 10.1 Å². The first-order valence-corrected chi connectivity index (χ1v) is 6.98. The highest BCUT2D eigenvalue weighted by Gasteiger charge is 2.07. The SMILES string of the molecule is COc1ccc(S(=O)Cc2cc(N)cc(F)c2)cc1. The van der Waals surface area contributed by atoms with E-state index in [9.17, 15) is 8.60 Å². The van der Waals surface area contributed by atoms with E-state index in [1.165, 1.54) is 12.1 Å². The number of benzene rings is 2. The molecule has 0 saturated carbocycles. The quantitative estimate of drug-likeness (QED) is 0.875. The number of halogens is 1. The molecule has 3 nitrogen and oxygen atoms in total. The van der Waals surface area contributed by atoms with Crippen molar-refractivity contribution in [1.29, 1.82) is 0 Å². The zero-order chi connectivity index (χ0) is 13.8. The summed E-state index contributed by atoms with van der Waals surface area (Å²) in [6.45, 7) is 0. The van der Waals surface area contributed by atoms with E-state index in [0.29, 0.717) is 21.9 Å². The normalized spacial score (nSPS) is 12.1. The Morgan fingerprint density at radius 1 is 1.21 bits per heavy atom. The van der Waals surface area contributed by atoms with Crippen molar-refractivity contribution in [3.05, 3.63) is 53.8 Å². The van der Waals surface area contributed by atoms with E-state index in [1.807, 2.05) is 0 Å². The van der Waals surface area contributed by atoms with E-state index in [2.05, 4.69) is 0 Å². The van der Waals surface area contributed by atoms with Crippen molar-refractivity contribution in [1.82, 2.24) is 0 Å². The maximum absolute atomic E-state index is 13.2. The molecule has 5 heteroatoms. The molecule has 0 heterocycles. The highest BCUT2D eigenvalue weighted by atomic mass is 32.2. The summed E-state index contributed by atoms with van der Waals surface area (Å²) in [6.07, 6.45) is 0. The van der Waals surface area contributed by atoms with Crippen LogP contribution in [0.3, 0.4) is 0 Å². The zero-order valence-corrected chi connectivity index (χ0v) is 11.2. The maximum Gasteiger partial charge on any atom is 0.125 e. The molecule has 19 heavy (non-hydrogen) atoms. The molecule has 0 bridgehead atoms. The molecule has 2 rings (SSSR count). The van der Waals surface area contributed by atoms with Crippen LogP contribution in [0.5, 0.6) is 5.75 Å². The lowest BCUT2D eigenvalue weighted by atomic mass is 10.2. The molecule has 0 aliphatic rings. The Hall–Kier alpha value is -1.88. The number of hydrogen-bond acceptors (Lipinski definition) is 3. The van der Waals surface area contributed by atoms with Gasteiger partial charge in [0.05, 0.1) is 23.7 Å². The fourth-order valence-electron chi connectivity index (χ4n) is 1.72. The second-order valence-corrected chi connectivity index (χ2v) is 5.51. The van der Waals surface area contributed by atoms with Crippen molar-refractivity contribution in [2.24, 2.45) is 0 Å². The molecule has 2 aromatic rings. The van der Waals surface area contributed by atoms with Gasteiger partial charge in [0.15, 0.2) is 0 Å². The first-order valence-electron chi connectivity index (χ1n) is 5.66. The van der Waals surface area contributed by atoms with Crippen LogP contribution in [0.25, 0.3) is 0 Å². The summed E-state index contributed by atoms with van der Waals surface area (Å²) in [5.41, 5.74) is 6.51. The lowest BCUT2D eigenvalue weighted by Crippen LogP contribution is -1.98. The molecule has 0 amide bonds. The van der Waals surface area contributed by atoms with Crippen LogP contribution in [-0.4, -0.2) is 11.3 Å². The number of nitrogens with two attached hydrogens (primary N) is 1. The number of hydrogen-bond donors (Lipinski definition) is 1. The van der Waals surface area contributed by atoms with Gasteiger partial charge in [0.25, 0.3) is 0 Å². The van der Waals surface area contributed by atoms with Crippen LogP contribution in [0.2, 0.25) is 0 Å². The molecule has 0 aliphatic heterocycles. The lowest BCUT2D eigenvalue weighted by molar-refractivity contribution is 0.414. The third kappa shape index (κ3) is 3.54. The van der Waals surface area contributed by atoms with Gasteiger partial charge in [-0.15, -0.1) is 0 Å². The van der Waals surface area contributed by atoms with Crippen molar-refractivity contribution in [3.8, 4) is 5.75 Å². The van der Waals surface area contributed by atoms with Crippen molar-refractivity contribution >= 4 is 16.5 Å². The van der Waals surface area contributed by atoms with E-state index in [1.54, 1.807) is 37.4 Å². The van der Waals surface area contributed by atoms with Crippen LogP contribution < -0.4 is 10.5 Å². The predicted octanol–water partition coefficient (Wildman–Crippen LogP) is 2.72. The molecule has 0 aliphatic carbocycles. The van der Waals surface area contributed by atoms with Crippen LogP contribution in [0, 0.1) is 5.82 Å². The predicted molar refractivity (Wildman–Crippen MR) is 73.9 cm³/mol. The van der Waals surface area contributed by atoms with E-state index in [-0.39, 0.29) is 5.75 Å². The van der Waals surface area contributed by atoms with Gasteiger partial charge in [-0.05, 0) is 48.0 Å². The Morgan fingerprint density at radius 2 is 1.89 bits per heavy atom. The Kier molecular flexibility index (Phi) is 4.16. The van der Waals surface area contributed by atoms with Gasteiger partial charge >= 0.3 is 0 Å². The standard InChI is InChI=1S/C14H14FNO2S/c1-18-13-2-4-14(5-3-13)19(17)9-10-6-11(15)8-12(16)7-10/h2-8H,9,16H2,1H3. The summed E-state index contributed by atoms with van der Waals surface area (Å²) in [4.78, 5) is 0.670. The Morgan fingerprint density at radius 3 is 2.47 bits per heavy atom. The third-order valence-corrected chi connectivity index (χ3v) is 3.99. The third-order valence-electron chi connectivity index (χ3n) is 2.60. The van der Waals surface area contributed by atoms with Crippen molar-refractivity contribution in [3.63, 3.8) is 0 Å². The molecule has 1 unspecified atom stereocenters. The molecule has 0 saturated heterocycles. The molecule has 100 valence electrons. The fourth-order valence-corrected chi connectivity index (χ4v) is 2.80. The first kappa shape index (κ1) is 13.5. The minimum Gasteiger partial charge on any atom is -0.497 e. The van der Waals surface area contributed by atoms with Gasteiger partial charge in [0, 0.05) is 10.6 Å². The molecule has 2 N–H and O–H groups in total. The minimum atomic E-state index is -1.24. The highest BCUT2D eigenvalue weighted by Crippen LogP contribution is 2.18. The van der Waals surface area contributed by atoms with Crippen molar-refractivity contribution in [2.75, 3.05) is 12.8 Å². The van der Waals surface area contributed by atoms with Gasteiger partial charge in [0.2, 0.25) is 0 Å². The summed E-state index contributed by atoms with van der Waals surface area (Å²) in [5, 5.41) is 0. The van der Waals surface area contributed by atoms with Gasteiger partial charge in [-0.1, -0.05) is 0 Å². The van der Waals surface area contributed by atoms with Crippen LogP contribution in [0.1, 0.15) is 5.56 Å². The average molecular weight is 279 g/mol. The fraction of sp³-hybridized carbons (Fsp3) is 0.143. The second-order valence-electron chi connectivity index (χ2n) is 4.06. The molecule has 0 fully saturated rings. The van der Waals surface area contributed by atoms with Crippen molar-refractivity contribution < 1.29 is 13.3 Å². The minimum absolute atomic E-state index is 0.230. The van der Waals surface area contributed by atoms with Gasteiger partial charge in [-0.2, -0.15) is 0 Å². The van der Waals surface area contributed by atoms with E-state index < -0.39 is 16.6 Å². The Labute approximate surface area is 113 Å². The van der Waals surface area contributed by atoms with Crippen LogP contribution in [-0.2, 0) is 16.6 Å². The van der Waals surface area contributed by atoms with Crippen LogP contribution >= 0.6 is 0 Å². The Bertz CT molecular complexity index is 579. The number of anilines is 1. The molecule has 0 radical (unpaired) electrons. The van der Waals surface area contributed by atoms with E-state index in [0.717, 1.165) is 0 Å². The zero-order valence-electron chi connectivity index (χ0n) is 10.4. The number of nitrogen functional groups attached to an aromatic ring is 1. The first-order chi connectivity index (χ1) is 9.08. The molecule has 2 aromatic carbocycles. The lowest BCUT2D eigenvalue weighted by Gasteiger charge is -2.05. The number of rotatable bonds is 4. The van der Waals surface area contributed by atoms with Crippen molar-refractivity contribution in [2.45, 2.75) is 10.6 Å². The average Bonchev–Trinajstić information content (AvgIpc) is 2.37. The smallest absolute Gasteiger partial charge is 0.125 e. The monoisotopic (exact) mass is 279 g/mol. The molecular weight excluding hydrogens is 265 g/mol. The second kappa shape index (κ2) is 5.84. The molecule has 0 aromatic heterocycles. The van der Waals surface area contributed by atoms with Gasteiger partial charge < -0.3 is 10.5 Å². The Balaban J connectivity index is 2.15. The summed E-state index contributed by atoms with van der Waals surface area (Å²) in [7, 11) is 0.332. The summed E-state index contributed by atoms with van der Waals surface area (Å²) in [5.74, 6) is 0.520. The van der Waals surface area contributed by atoms with Gasteiger partial charge in [-0.3, -0.25) is 4.21 Å². The highest BCUT2D eigenvalue weighted by molar-refractivity contribution is 7.84. The summed E-state index contributed by atoms with van der Waals surface area (Å²) in [6, 6.07) is 11.2. The molecule has 0 spiro atoms. The summed E-state index contributed by atoms with van der Waals surface area (Å²) >= 11 is 0. The number of methoxy groups -OCH3 is 1. The topological polar surface area (TPSA) is 52.3 Å². The van der Waals surface area contributed by atoms with Crippen LogP contribution in [0.15, 0.2) is 47.4 Å². The largest absolute Gasteiger partial charge is 0.497 e. The van der Waals surface area contributed by atoms with Gasteiger partial charge in [0.1, 0.15) is 11.6 Å². The van der Waals surface area contributed by atoms with E-state index >= 15 is 0 Å². The summed E-state index contributed by atoms with van der Waals surface area (Å²) < 4.78 is 30.4. The maximum atomic E-state index is 13.2. The number of ether oxygens (including phenoxy) is 1.